The number of benzene rings is 3. The van der Waals surface area contributed by atoms with Crippen molar-refractivity contribution >= 4 is 22.7 Å². The first-order valence-corrected chi connectivity index (χ1v) is 15.0. The summed E-state index contributed by atoms with van der Waals surface area (Å²) in [5, 5.41) is 4.32. The van der Waals surface area contributed by atoms with Gasteiger partial charge in [-0.3, -0.25) is 9.59 Å². The van der Waals surface area contributed by atoms with E-state index in [2.05, 4.69) is 90.3 Å². The molecule has 0 bridgehead atoms. The summed E-state index contributed by atoms with van der Waals surface area (Å²) in [5.41, 5.74) is 5.99. The van der Waals surface area contributed by atoms with E-state index in [-0.39, 0.29) is 23.8 Å². The minimum atomic E-state index is -0.582. The second-order valence-electron chi connectivity index (χ2n) is 11.9. The van der Waals surface area contributed by atoms with Crippen LogP contribution in [0.15, 0.2) is 78.9 Å². The number of nitrogens with one attached hydrogen (secondary N) is 1. The molecule has 1 fully saturated rings. The minimum absolute atomic E-state index is 0.0643. The summed E-state index contributed by atoms with van der Waals surface area (Å²) in [6.45, 7) is 7.88. The lowest BCUT2D eigenvalue weighted by atomic mass is 9.91. The van der Waals surface area contributed by atoms with Gasteiger partial charge in [-0.05, 0) is 61.5 Å². The van der Waals surface area contributed by atoms with Crippen molar-refractivity contribution in [3.8, 4) is 11.3 Å². The molecule has 6 heteroatoms. The van der Waals surface area contributed by atoms with Crippen LogP contribution in [0.2, 0.25) is 0 Å². The van der Waals surface area contributed by atoms with Crippen molar-refractivity contribution in [1.82, 2.24) is 19.7 Å². The largest absolute Gasteiger partial charge is 0.353 e. The molecule has 2 unspecified atom stereocenters. The molecule has 2 amide bonds. The molecule has 2 aliphatic rings. The number of rotatable bonds is 9. The summed E-state index contributed by atoms with van der Waals surface area (Å²) in [6.07, 6.45) is 3.04. The van der Waals surface area contributed by atoms with Gasteiger partial charge in [-0.2, -0.15) is 0 Å². The summed E-state index contributed by atoms with van der Waals surface area (Å²) in [6, 6.07) is 25.7. The molecule has 1 saturated heterocycles. The Hall–Kier alpha value is -3.90. The number of fused-ring (bicyclic) bond motifs is 2. The van der Waals surface area contributed by atoms with Gasteiger partial charge in [0.25, 0.3) is 5.91 Å². The average molecular weight is 549 g/mol. The number of aromatic nitrogens is 1. The van der Waals surface area contributed by atoms with E-state index in [1.54, 1.807) is 0 Å². The SMILES string of the molecule is CC(C)CC(C(=O)NCCN1CCCC1)N1C(=O)c2ccccc2C1c1c(-c2ccccc2)n(C)c2ccccc12. The van der Waals surface area contributed by atoms with E-state index in [9.17, 15) is 9.59 Å². The molecule has 6 nitrogen and oxygen atoms in total. The monoisotopic (exact) mass is 548 g/mol. The van der Waals surface area contributed by atoms with E-state index in [0.717, 1.165) is 52.9 Å². The van der Waals surface area contributed by atoms with Crippen molar-refractivity contribution < 1.29 is 9.59 Å². The van der Waals surface area contributed by atoms with Crippen molar-refractivity contribution in [2.75, 3.05) is 26.2 Å². The van der Waals surface area contributed by atoms with Crippen LogP contribution in [0.25, 0.3) is 22.2 Å². The average Bonchev–Trinajstić information content (AvgIpc) is 3.68. The number of aryl methyl sites for hydroxylation is 1. The zero-order valence-electron chi connectivity index (χ0n) is 24.3. The Kier molecular flexibility index (Phi) is 7.67. The zero-order chi connectivity index (χ0) is 28.5. The van der Waals surface area contributed by atoms with Crippen LogP contribution < -0.4 is 5.32 Å². The van der Waals surface area contributed by atoms with Crippen molar-refractivity contribution in [2.24, 2.45) is 13.0 Å². The fraction of sp³-hybridized carbons (Fsp3) is 0.371. The summed E-state index contributed by atoms with van der Waals surface area (Å²) in [5.74, 6) is 0.103. The first-order valence-electron chi connectivity index (χ1n) is 15.0. The van der Waals surface area contributed by atoms with Crippen LogP contribution in [0.1, 0.15) is 60.6 Å². The Bertz CT molecular complexity index is 1550. The Morgan fingerprint density at radius 1 is 0.927 bits per heavy atom. The first kappa shape index (κ1) is 27.3. The van der Waals surface area contributed by atoms with E-state index in [1.165, 1.54) is 12.8 Å². The molecule has 0 radical (unpaired) electrons. The number of hydrogen-bond acceptors (Lipinski definition) is 3. The molecular formula is C35H40N4O2. The molecule has 0 aliphatic carbocycles. The Morgan fingerprint density at radius 2 is 1.61 bits per heavy atom. The molecule has 4 aromatic rings. The lowest BCUT2D eigenvalue weighted by molar-refractivity contribution is -0.126. The quantitative estimate of drug-likeness (QED) is 0.278. The molecule has 3 aromatic carbocycles. The van der Waals surface area contributed by atoms with E-state index in [1.807, 2.05) is 29.2 Å². The van der Waals surface area contributed by atoms with Crippen LogP contribution in [0.5, 0.6) is 0 Å². The predicted molar refractivity (Wildman–Crippen MR) is 165 cm³/mol. The molecule has 6 rings (SSSR count). The van der Waals surface area contributed by atoms with Gasteiger partial charge < -0.3 is 19.7 Å². The topological polar surface area (TPSA) is 57.6 Å². The van der Waals surface area contributed by atoms with Gasteiger partial charge in [-0.25, -0.2) is 0 Å². The van der Waals surface area contributed by atoms with E-state index in [4.69, 9.17) is 0 Å². The van der Waals surface area contributed by atoms with E-state index >= 15 is 0 Å². The van der Waals surface area contributed by atoms with E-state index in [0.29, 0.717) is 18.5 Å². The molecule has 2 aliphatic heterocycles. The van der Waals surface area contributed by atoms with Crippen molar-refractivity contribution in [3.63, 3.8) is 0 Å². The second-order valence-corrected chi connectivity index (χ2v) is 11.9. The number of para-hydroxylation sites is 1. The Labute approximate surface area is 243 Å². The smallest absolute Gasteiger partial charge is 0.255 e. The Balaban J connectivity index is 1.48. The third-order valence-electron chi connectivity index (χ3n) is 8.72. The maximum absolute atomic E-state index is 14.3. The summed E-state index contributed by atoms with van der Waals surface area (Å²) >= 11 is 0. The van der Waals surface area contributed by atoms with Crippen LogP contribution in [0, 0.1) is 5.92 Å². The molecular weight excluding hydrogens is 508 g/mol. The van der Waals surface area contributed by atoms with Crippen LogP contribution in [0.3, 0.4) is 0 Å². The standard InChI is InChI=1S/C35H40N4O2/c1-24(2)23-30(34(40)36-19-22-38-20-11-12-21-38)39-33(26-15-7-8-16-27(26)35(39)41)31-28-17-9-10-18-29(28)37(3)32(31)25-13-5-4-6-14-25/h4-10,13-18,24,30,33H,11-12,19-23H2,1-3H3,(H,36,40). The molecule has 2 atom stereocenters. The highest BCUT2D eigenvalue weighted by Gasteiger charge is 2.46. The molecule has 1 aromatic heterocycles. The van der Waals surface area contributed by atoms with Gasteiger partial charge in [0.2, 0.25) is 5.91 Å². The maximum atomic E-state index is 14.3. The predicted octanol–water partition coefficient (Wildman–Crippen LogP) is 6.02. The van der Waals surface area contributed by atoms with Crippen LogP contribution in [-0.2, 0) is 11.8 Å². The van der Waals surface area contributed by atoms with Gasteiger partial charge in [-0.1, -0.05) is 80.6 Å². The number of nitrogens with zero attached hydrogens (tertiary/aromatic N) is 3. The fourth-order valence-corrected chi connectivity index (χ4v) is 6.85. The summed E-state index contributed by atoms with van der Waals surface area (Å²) < 4.78 is 2.23. The number of amides is 2. The third-order valence-corrected chi connectivity index (χ3v) is 8.72. The van der Waals surface area contributed by atoms with Gasteiger partial charge in [0.15, 0.2) is 0 Å². The lowest BCUT2D eigenvalue weighted by Gasteiger charge is -2.34. The van der Waals surface area contributed by atoms with Gasteiger partial charge in [0.05, 0.1) is 11.7 Å². The lowest BCUT2D eigenvalue weighted by Crippen LogP contribution is -2.50. The van der Waals surface area contributed by atoms with Gasteiger partial charge in [-0.15, -0.1) is 0 Å². The molecule has 41 heavy (non-hydrogen) atoms. The minimum Gasteiger partial charge on any atom is -0.353 e. The summed E-state index contributed by atoms with van der Waals surface area (Å²) in [4.78, 5) is 32.6. The molecule has 0 spiro atoms. The summed E-state index contributed by atoms with van der Waals surface area (Å²) in [7, 11) is 2.10. The van der Waals surface area contributed by atoms with Crippen molar-refractivity contribution in [3.05, 3.63) is 95.6 Å². The van der Waals surface area contributed by atoms with Crippen LogP contribution in [-0.4, -0.2) is 58.4 Å². The zero-order valence-corrected chi connectivity index (χ0v) is 24.3. The maximum Gasteiger partial charge on any atom is 0.255 e. The second kappa shape index (κ2) is 11.5. The number of carbonyl (C=O) groups excluding carboxylic acids is 2. The first-order chi connectivity index (χ1) is 20.0. The highest BCUT2D eigenvalue weighted by molar-refractivity contribution is 6.04. The highest BCUT2D eigenvalue weighted by atomic mass is 16.2. The van der Waals surface area contributed by atoms with Gasteiger partial charge in [0, 0.05) is 42.2 Å². The number of carbonyl (C=O) groups is 2. The molecule has 3 heterocycles. The van der Waals surface area contributed by atoms with Crippen LogP contribution >= 0.6 is 0 Å². The van der Waals surface area contributed by atoms with E-state index < -0.39 is 6.04 Å². The molecule has 0 saturated carbocycles. The number of hydrogen-bond donors (Lipinski definition) is 1. The fourth-order valence-electron chi connectivity index (χ4n) is 6.85. The van der Waals surface area contributed by atoms with Gasteiger partial charge >= 0.3 is 0 Å². The Morgan fingerprint density at radius 3 is 2.37 bits per heavy atom. The number of likely N-dealkylation sites (tertiary alicyclic amines) is 1. The van der Waals surface area contributed by atoms with Crippen molar-refractivity contribution in [2.45, 2.75) is 45.2 Å². The highest BCUT2D eigenvalue weighted by Crippen LogP contribution is 2.47. The van der Waals surface area contributed by atoms with Crippen molar-refractivity contribution in [1.29, 1.82) is 0 Å². The third kappa shape index (κ3) is 5.06. The molecule has 1 N–H and O–H groups in total. The normalized spacial score (nSPS) is 17.9. The molecule has 212 valence electrons. The van der Waals surface area contributed by atoms with Crippen LogP contribution in [0.4, 0.5) is 0 Å². The van der Waals surface area contributed by atoms with Gasteiger partial charge in [0.1, 0.15) is 6.04 Å².